The fourth-order valence-electron chi connectivity index (χ4n) is 2.96. The van der Waals surface area contributed by atoms with Crippen molar-refractivity contribution in [3.05, 3.63) is 30.0 Å². The van der Waals surface area contributed by atoms with E-state index in [0.717, 1.165) is 10.9 Å². The van der Waals surface area contributed by atoms with Crippen LogP contribution in [0, 0.1) is 11.3 Å². The Balaban J connectivity index is 1.76. The van der Waals surface area contributed by atoms with Crippen LogP contribution in [0.5, 0.6) is 0 Å². The summed E-state index contributed by atoms with van der Waals surface area (Å²) in [4.78, 5) is 26.1. The third-order valence-corrected chi connectivity index (χ3v) is 4.24. The van der Waals surface area contributed by atoms with Crippen molar-refractivity contribution in [3.8, 4) is 6.07 Å². The zero-order valence-corrected chi connectivity index (χ0v) is 13.0. The molecule has 1 saturated heterocycles. The van der Waals surface area contributed by atoms with Crippen LogP contribution in [-0.4, -0.2) is 45.1 Å². The molecule has 3 rings (SSSR count). The lowest BCUT2D eigenvalue weighted by Crippen LogP contribution is -2.41. The molecule has 23 heavy (non-hydrogen) atoms. The molecule has 1 fully saturated rings. The van der Waals surface area contributed by atoms with Crippen LogP contribution < -0.4 is 5.32 Å². The molecule has 0 aliphatic carbocycles. The Hall–Kier alpha value is -2.88. The Morgan fingerprint density at radius 2 is 2.30 bits per heavy atom. The first-order valence-corrected chi connectivity index (χ1v) is 7.41. The van der Waals surface area contributed by atoms with E-state index in [1.165, 1.54) is 4.90 Å². The molecule has 7 nitrogen and oxygen atoms in total. The predicted molar refractivity (Wildman–Crippen MR) is 83.4 cm³/mol. The number of rotatable bonds is 3. The van der Waals surface area contributed by atoms with Gasteiger partial charge in [-0.05, 0) is 31.5 Å². The van der Waals surface area contributed by atoms with Gasteiger partial charge in [-0.25, -0.2) is 0 Å². The molecule has 7 heteroatoms. The summed E-state index contributed by atoms with van der Waals surface area (Å²) in [5.41, 5.74) is 1.43. The summed E-state index contributed by atoms with van der Waals surface area (Å²) in [6.07, 6.45) is 2.21. The van der Waals surface area contributed by atoms with Gasteiger partial charge in [-0.2, -0.15) is 10.4 Å². The molecule has 2 heterocycles. The van der Waals surface area contributed by atoms with E-state index in [-0.39, 0.29) is 24.4 Å². The van der Waals surface area contributed by atoms with Crippen LogP contribution in [-0.2, 0) is 11.8 Å². The maximum atomic E-state index is 12.4. The average Bonchev–Trinajstić information content (AvgIpc) is 3.03. The van der Waals surface area contributed by atoms with Crippen molar-refractivity contribution in [1.29, 1.82) is 5.26 Å². The molecule has 1 aliphatic heterocycles. The van der Waals surface area contributed by atoms with Crippen molar-refractivity contribution in [3.63, 3.8) is 0 Å². The Morgan fingerprint density at radius 1 is 1.52 bits per heavy atom. The third kappa shape index (κ3) is 2.63. The highest BCUT2D eigenvalue weighted by molar-refractivity contribution is 6.00. The number of nitrogens with one attached hydrogen (secondary N) is 1. The van der Waals surface area contributed by atoms with E-state index >= 15 is 0 Å². The second kappa shape index (κ2) is 5.72. The molecule has 2 aromatic rings. The topological polar surface area (TPSA) is 91.0 Å². The van der Waals surface area contributed by atoms with Gasteiger partial charge in [0.05, 0.1) is 17.8 Å². The zero-order valence-electron chi connectivity index (χ0n) is 13.0. The minimum atomic E-state index is -0.574. The second-order valence-electron chi connectivity index (χ2n) is 5.78. The summed E-state index contributed by atoms with van der Waals surface area (Å²) < 4.78 is 1.74. The molecule has 0 radical (unpaired) electrons. The smallest absolute Gasteiger partial charge is 0.251 e. The average molecular weight is 311 g/mol. The number of hydrogen-bond acceptors (Lipinski definition) is 4. The highest BCUT2D eigenvalue weighted by Crippen LogP contribution is 2.20. The van der Waals surface area contributed by atoms with E-state index in [2.05, 4.69) is 10.4 Å². The van der Waals surface area contributed by atoms with Crippen LogP contribution in [0.15, 0.2) is 24.4 Å². The molecular formula is C16H17N5O2. The van der Waals surface area contributed by atoms with Gasteiger partial charge < -0.3 is 10.2 Å². The first-order chi connectivity index (χ1) is 11.0. The maximum Gasteiger partial charge on any atom is 0.251 e. The van der Waals surface area contributed by atoms with Crippen LogP contribution in [0.1, 0.15) is 23.7 Å². The summed E-state index contributed by atoms with van der Waals surface area (Å²) in [6, 6.07) is 6.67. The highest BCUT2D eigenvalue weighted by Gasteiger charge is 2.37. The largest absolute Gasteiger partial charge is 0.340 e. The second-order valence-corrected chi connectivity index (χ2v) is 5.78. The third-order valence-electron chi connectivity index (χ3n) is 4.24. The summed E-state index contributed by atoms with van der Waals surface area (Å²) >= 11 is 0. The highest BCUT2D eigenvalue weighted by atomic mass is 16.2. The van der Waals surface area contributed by atoms with Crippen molar-refractivity contribution in [2.45, 2.75) is 25.4 Å². The molecule has 1 aliphatic rings. The van der Waals surface area contributed by atoms with Gasteiger partial charge in [-0.15, -0.1) is 0 Å². The number of aryl methyl sites for hydroxylation is 1. The SMILES string of the molecule is CC1CC(NC(=O)c2ccc3c(cnn3C)c2)C(=O)N1CC#N. The van der Waals surface area contributed by atoms with Gasteiger partial charge in [0.25, 0.3) is 5.91 Å². The van der Waals surface area contributed by atoms with Crippen molar-refractivity contribution in [2.24, 2.45) is 7.05 Å². The minimum absolute atomic E-state index is 0.0479. The number of amides is 2. The number of likely N-dealkylation sites (tertiary alicyclic amines) is 1. The molecule has 1 aromatic carbocycles. The molecule has 118 valence electrons. The molecule has 0 bridgehead atoms. The number of carbonyl (C=O) groups excluding carboxylic acids is 2. The Bertz CT molecular complexity index is 819. The van der Waals surface area contributed by atoms with Crippen molar-refractivity contribution < 1.29 is 9.59 Å². The first-order valence-electron chi connectivity index (χ1n) is 7.41. The maximum absolute atomic E-state index is 12.4. The van der Waals surface area contributed by atoms with Crippen molar-refractivity contribution in [1.82, 2.24) is 20.0 Å². The lowest BCUT2D eigenvalue weighted by molar-refractivity contribution is -0.129. The molecule has 1 aromatic heterocycles. The molecule has 1 N–H and O–H groups in total. The van der Waals surface area contributed by atoms with Gasteiger partial charge in [0.15, 0.2) is 0 Å². The fourth-order valence-corrected chi connectivity index (χ4v) is 2.96. The minimum Gasteiger partial charge on any atom is -0.340 e. The number of carbonyl (C=O) groups is 2. The monoisotopic (exact) mass is 311 g/mol. The van der Waals surface area contributed by atoms with Gasteiger partial charge >= 0.3 is 0 Å². The first kappa shape index (κ1) is 15.0. The van der Waals surface area contributed by atoms with E-state index in [4.69, 9.17) is 5.26 Å². The Kier molecular flexibility index (Phi) is 3.74. The number of hydrogen-bond donors (Lipinski definition) is 1. The van der Waals surface area contributed by atoms with Gasteiger partial charge in [0.2, 0.25) is 5.91 Å². The lowest BCUT2D eigenvalue weighted by Gasteiger charge is -2.17. The van der Waals surface area contributed by atoms with E-state index < -0.39 is 6.04 Å². The molecule has 0 spiro atoms. The van der Waals surface area contributed by atoms with Crippen molar-refractivity contribution >= 4 is 22.7 Å². The van der Waals surface area contributed by atoms with Gasteiger partial charge in [-0.1, -0.05) is 0 Å². The number of fused-ring (bicyclic) bond motifs is 1. The van der Waals surface area contributed by atoms with E-state index in [1.54, 1.807) is 23.0 Å². The standard InChI is InChI=1S/C16H17N5O2/c1-10-7-13(16(23)21(10)6-5-17)19-15(22)11-3-4-14-12(8-11)9-18-20(14)2/h3-4,8-10,13H,6-7H2,1-2H3,(H,19,22). The van der Waals surface area contributed by atoms with Crippen LogP contribution in [0.3, 0.4) is 0 Å². The van der Waals surface area contributed by atoms with Crippen molar-refractivity contribution in [2.75, 3.05) is 6.54 Å². The fraction of sp³-hybridized carbons (Fsp3) is 0.375. The normalized spacial score (nSPS) is 20.7. The van der Waals surface area contributed by atoms with Crippen LogP contribution in [0.4, 0.5) is 0 Å². The predicted octanol–water partition coefficient (Wildman–Crippen LogP) is 0.816. The van der Waals surface area contributed by atoms with Gasteiger partial charge in [0, 0.05) is 24.0 Å². The summed E-state index contributed by atoms with van der Waals surface area (Å²) in [5, 5.41) is 16.6. The van der Waals surface area contributed by atoms with Gasteiger partial charge in [-0.3, -0.25) is 14.3 Å². The Labute approximate surface area is 133 Å². The molecule has 2 atom stereocenters. The van der Waals surface area contributed by atoms with Gasteiger partial charge in [0.1, 0.15) is 12.6 Å². The lowest BCUT2D eigenvalue weighted by atomic mass is 10.1. The number of aromatic nitrogens is 2. The number of nitrogens with zero attached hydrogens (tertiary/aromatic N) is 4. The van der Waals surface area contributed by atoms with E-state index in [0.29, 0.717) is 12.0 Å². The number of nitriles is 1. The summed E-state index contributed by atoms with van der Waals surface area (Å²) in [7, 11) is 1.84. The molecule has 0 saturated carbocycles. The Morgan fingerprint density at radius 3 is 3.04 bits per heavy atom. The zero-order chi connectivity index (χ0) is 16.6. The van der Waals surface area contributed by atoms with Crippen LogP contribution in [0.25, 0.3) is 10.9 Å². The molecule has 2 unspecified atom stereocenters. The van der Waals surface area contributed by atoms with Crippen LogP contribution in [0.2, 0.25) is 0 Å². The number of benzene rings is 1. The van der Waals surface area contributed by atoms with E-state index in [1.807, 2.05) is 26.1 Å². The molecular weight excluding hydrogens is 294 g/mol. The summed E-state index contributed by atoms with van der Waals surface area (Å²) in [5.74, 6) is -0.491. The molecule has 2 amide bonds. The quantitative estimate of drug-likeness (QED) is 0.849. The van der Waals surface area contributed by atoms with Crippen LogP contribution >= 0.6 is 0 Å². The van der Waals surface area contributed by atoms with E-state index in [9.17, 15) is 9.59 Å². The summed E-state index contributed by atoms with van der Waals surface area (Å²) in [6.45, 7) is 1.93.